The SMILES string of the molecule is CCOC(=O)N1CCN(S(=O)(=O)NCC(c2cccc(OC)c2)N2CCCC2)CC1. The van der Waals surface area contributed by atoms with Crippen LogP contribution in [-0.2, 0) is 14.9 Å². The number of carbonyl (C=O) groups excluding carboxylic acids is 1. The fraction of sp³-hybridized carbons (Fsp3) is 0.650. The van der Waals surface area contributed by atoms with E-state index in [0.29, 0.717) is 19.7 Å². The van der Waals surface area contributed by atoms with E-state index in [-0.39, 0.29) is 25.7 Å². The van der Waals surface area contributed by atoms with Crippen molar-refractivity contribution < 1.29 is 22.7 Å². The number of carbonyl (C=O) groups is 1. The van der Waals surface area contributed by atoms with Crippen LogP contribution in [0.5, 0.6) is 5.75 Å². The van der Waals surface area contributed by atoms with Crippen molar-refractivity contribution in [2.75, 3.05) is 59.5 Å². The lowest BCUT2D eigenvalue weighted by Crippen LogP contribution is -2.54. The van der Waals surface area contributed by atoms with Crippen LogP contribution in [0.25, 0.3) is 0 Å². The highest BCUT2D eigenvalue weighted by molar-refractivity contribution is 7.87. The summed E-state index contributed by atoms with van der Waals surface area (Å²) in [6, 6.07) is 7.74. The van der Waals surface area contributed by atoms with Gasteiger partial charge in [0.25, 0.3) is 10.2 Å². The quantitative estimate of drug-likeness (QED) is 0.658. The molecule has 1 atom stereocenters. The Morgan fingerprint density at radius 2 is 1.83 bits per heavy atom. The molecule has 0 saturated carbocycles. The van der Waals surface area contributed by atoms with Crippen molar-refractivity contribution in [2.24, 2.45) is 0 Å². The number of nitrogens with zero attached hydrogens (tertiary/aromatic N) is 3. The van der Waals surface area contributed by atoms with Crippen LogP contribution < -0.4 is 9.46 Å². The number of hydrogen-bond acceptors (Lipinski definition) is 6. The van der Waals surface area contributed by atoms with Gasteiger partial charge in [-0.05, 0) is 50.6 Å². The molecule has 168 valence electrons. The van der Waals surface area contributed by atoms with Gasteiger partial charge in [-0.3, -0.25) is 4.90 Å². The molecule has 0 spiro atoms. The van der Waals surface area contributed by atoms with Gasteiger partial charge < -0.3 is 14.4 Å². The van der Waals surface area contributed by atoms with Crippen molar-refractivity contribution in [3.63, 3.8) is 0 Å². The van der Waals surface area contributed by atoms with Gasteiger partial charge in [0.1, 0.15) is 5.75 Å². The monoisotopic (exact) mass is 440 g/mol. The Morgan fingerprint density at radius 1 is 1.13 bits per heavy atom. The third-order valence-corrected chi connectivity index (χ3v) is 7.20. The lowest BCUT2D eigenvalue weighted by atomic mass is 10.1. The van der Waals surface area contributed by atoms with E-state index in [9.17, 15) is 13.2 Å². The van der Waals surface area contributed by atoms with Crippen molar-refractivity contribution in [1.29, 1.82) is 0 Å². The van der Waals surface area contributed by atoms with E-state index >= 15 is 0 Å². The van der Waals surface area contributed by atoms with Crippen molar-refractivity contribution in [3.05, 3.63) is 29.8 Å². The lowest BCUT2D eigenvalue weighted by molar-refractivity contribution is 0.0931. The van der Waals surface area contributed by atoms with Gasteiger partial charge in [0, 0.05) is 38.8 Å². The van der Waals surface area contributed by atoms with E-state index in [2.05, 4.69) is 9.62 Å². The maximum Gasteiger partial charge on any atom is 0.409 e. The molecule has 30 heavy (non-hydrogen) atoms. The fourth-order valence-corrected chi connectivity index (χ4v) is 5.16. The maximum absolute atomic E-state index is 12.9. The molecule has 10 heteroatoms. The molecule has 0 aromatic heterocycles. The molecule has 9 nitrogen and oxygen atoms in total. The Hall–Kier alpha value is -1.88. The topological polar surface area (TPSA) is 91.4 Å². The van der Waals surface area contributed by atoms with Crippen molar-refractivity contribution in [2.45, 2.75) is 25.8 Å². The van der Waals surface area contributed by atoms with E-state index in [0.717, 1.165) is 37.2 Å². The maximum atomic E-state index is 12.9. The molecular weight excluding hydrogens is 408 g/mol. The first-order valence-electron chi connectivity index (χ1n) is 10.5. The van der Waals surface area contributed by atoms with Gasteiger partial charge >= 0.3 is 6.09 Å². The third-order valence-electron chi connectivity index (χ3n) is 5.62. The summed E-state index contributed by atoms with van der Waals surface area (Å²) in [5, 5.41) is 0. The zero-order chi connectivity index (χ0) is 21.6. The first-order valence-corrected chi connectivity index (χ1v) is 11.9. The second-order valence-corrected chi connectivity index (χ2v) is 9.23. The smallest absolute Gasteiger partial charge is 0.409 e. The lowest BCUT2D eigenvalue weighted by Gasteiger charge is -2.34. The molecule has 2 fully saturated rings. The molecular formula is C20H32N4O5S. The minimum absolute atomic E-state index is 0.0572. The number of hydrogen-bond donors (Lipinski definition) is 1. The van der Waals surface area contributed by atoms with E-state index < -0.39 is 16.3 Å². The van der Waals surface area contributed by atoms with E-state index in [1.807, 2.05) is 24.3 Å². The van der Waals surface area contributed by atoms with Crippen molar-refractivity contribution >= 4 is 16.3 Å². The van der Waals surface area contributed by atoms with Crippen LogP contribution in [0.3, 0.4) is 0 Å². The molecule has 1 unspecified atom stereocenters. The molecule has 1 aromatic carbocycles. The molecule has 2 heterocycles. The standard InChI is InChI=1S/C20H32N4O5S/c1-3-29-20(25)23-11-13-24(14-12-23)30(26,27)21-16-19(22-9-4-5-10-22)17-7-6-8-18(15-17)28-2/h6-8,15,19,21H,3-5,9-14,16H2,1-2H3. The molecule has 0 bridgehead atoms. The average molecular weight is 441 g/mol. The van der Waals surface area contributed by atoms with Crippen LogP contribution in [-0.4, -0.2) is 88.1 Å². The molecule has 0 radical (unpaired) electrons. The summed E-state index contributed by atoms with van der Waals surface area (Å²) >= 11 is 0. The highest BCUT2D eigenvalue weighted by Gasteiger charge is 2.31. The van der Waals surface area contributed by atoms with Crippen LogP contribution in [0, 0.1) is 0 Å². The molecule has 3 rings (SSSR count). The minimum atomic E-state index is -3.65. The number of rotatable bonds is 8. The Bertz CT molecular complexity index is 805. The van der Waals surface area contributed by atoms with Gasteiger partial charge in [-0.1, -0.05) is 12.1 Å². The van der Waals surface area contributed by atoms with Crippen molar-refractivity contribution in [1.82, 2.24) is 18.8 Å². The Labute approximate surface area is 179 Å². The summed E-state index contributed by atoms with van der Waals surface area (Å²) in [6.07, 6.45) is 1.83. The van der Waals surface area contributed by atoms with E-state index in [1.165, 1.54) is 4.31 Å². The number of likely N-dealkylation sites (tertiary alicyclic amines) is 1. The molecule has 2 saturated heterocycles. The largest absolute Gasteiger partial charge is 0.497 e. The highest BCUT2D eigenvalue weighted by atomic mass is 32.2. The summed E-state index contributed by atoms with van der Waals surface area (Å²) in [7, 11) is -2.02. The predicted octanol–water partition coefficient (Wildman–Crippen LogP) is 1.44. The first kappa shape index (κ1) is 22.8. The number of piperazine rings is 1. The van der Waals surface area contributed by atoms with Crippen LogP contribution in [0.15, 0.2) is 24.3 Å². The summed E-state index contributed by atoms with van der Waals surface area (Å²) in [5.41, 5.74) is 1.03. The molecule has 2 aliphatic rings. The summed E-state index contributed by atoms with van der Waals surface area (Å²) < 4.78 is 40.3. The van der Waals surface area contributed by atoms with Crippen molar-refractivity contribution in [3.8, 4) is 5.75 Å². The van der Waals surface area contributed by atoms with Gasteiger partial charge in [0.2, 0.25) is 0 Å². The molecule has 1 aromatic rings. The van der Waals surface area contributed by atoms with Crippen LogP contribution in [0.4, 0.5) is 4.79 Å². The fourth-order valence-electron chi connectivity index (χ4n) is 3.96. The van der Waals surface area contributed by atoms with Crippen LogP contribution in [0.2, 0.25) is 0 Å². The second kappa shape index (κ2) is 10.4. The van der Waals surface area contributed by atoms with Gasteiger partial charge in [0.05, 0.1) is 13.7 Å². The molecule has 1 N–H and O–H groups in total. The Kier molecular flexibility index (Phi) is 7.93. The van der Waals surface area contributed by atoms with Crippen LogP contribution in [0.1, 0.15) is 31.4 Å². The zero-order valence-corrected chi connectivity index (χ0v) is 18.6. The molecule has 1 amide bonds. The summed E-state index contributed by atoms with van der Waals surface area (Å²) in [5.74, 6) is 0.759. The summed E-state index contributed by atoms with van der Waals surface area (Å²) in [6.45, 7) is 5.39. The number of nitrogens with one attached hydrogen (secondary N) is 1. The predicted molar refractivity (Wildman–Crippen MR) is 114 cm³/mol. The highest BCUT2D eigenvalue weighted by Crippen LogP contribution is 2.27. The third kappa shape index (κ3) is 5.63. The first-order chi connectivity index (χ1) is 14.4. The van der Waals surface area contributed by atoms with E-state index in [1.54, 1.807) is 18.9 Å². The number of methoxy groups -OCH3 is 1. The Balaban J connectivity index is 1.63. The second-order valence-electron chi connectivity index (χ2n) is 7.47. The van der Waals surface area contributed by atoms with Gasteiger partial charge in [-0.25, -0.2) is 9.52 Å². The summed E-state index contributed by atoms with van der Waals surface area (Å²) in [4.78, 5) is 15.7. The minimum Gasteiger partial charge on any atom is -0.497 e. The van der Waals surface area contributed by atoms with Gasteiger partial charge in [0.15, 0.2) is 0 Å². The van der Waals surface area contributed by atoms with E-state index in [4.69, 9.17) is 9.47 Å². The normalized spacial score (nSPS) is 19.6. The van der Waals surface area contributed by atoms with Gasteiger partial charge in [-0.2, -0.15) is 12.7 Å². The number of amides is 1. The number of benzene rings is 1. The average Bonchev–Trinajstić information content (AvgIpc) is 3.29. The zero-order valence-electron chi connectivity index (χ0n) is 17.7. The molecule has 2 aliphatic heterocycles. The molecule has 0 aliphatic carbocycles. The number of ether oxygens (including phenoxy) is 2. The van der Waals surface area contributed by atoms with Gasteiger partial charge in [-0.15, -0.1) is 0 Å². The Morgan fingerprint density at radius 3 is 2.47 bits per heavy atom. The van der Waals surface area contributed by atoms with Crippen LogP contribution >= 0.6 is 0 Å².